The minimum absolute atomic E-state index is 0.271. The first-order chi connectivity index (χ1) is 9.65. The number of carbonyl (C=O) groups is 1. The molecule has 0 fully saturated rings. The van der Waals surface area contributed by atoms with Gasteiger partial charge in [-0.25, -0.2) is 9.78 Å². The van der Waals surface area contributed by atoms with Gasteiger partial charge in [0.2, 0.25) is 0 Å². The molecule has 0 amide bonds. The van der Waals surface area contributed by atoms with Gasteiger partial charge in [-0.1, -0.05) is 40.2 Å². The fourth-order valence-electron chi connectivity index (χ4n) is 2.08. The lowest BCUT2D eigenvalue weighted by atomic mass is 10.1. The molecule has 0 bridgehead atoms. The largest absolute Gasteiger partial charge is 0.478 e. The Morgan fingerprint density at radius 3 is 2.60 bits per heavy atom. The third-order valence-electron chi connectivity index (χ3n) is 3.09. The molecule has 20 heavy (non-hydrogen) atoms. The molecule has 1 aromatic heterocycles. The number of benzene rings is 2. The van der Waals surface area contributed by atoms with E-state index < -0.39 is 5.97 Å². The first-order valence-corrected chi connectivity index (χ1v) is 6.83. The predicted molar refractivity (Wildman–Crippen MR) is 81.8 cm³/mol. The lowest BCUT2D eigenvalue weighted by molar-refractivity contribution is 0.0697. The van der Waals surface area contributed by atoms with Gasteiger partial charge < -0.3 is 5.11 Å². The third kappa shape index (κ3) is 2.30. The zero-order valence-electron chi connectivity index (χ0n) is 10.4. The second-order valence-corrected chi connectivity index (χ2v) is 5.24. The van der Waals surface area contributed by atoms with E-state index in [4.69, 9.17) is 5.11 Å². The summed E-state index contributed by atoms with van der Waals surface area (Å²) in [4.78, 5) is 15.5. The molecule has 0 spiro atoms. The Morgan fingerprint density at radius 2 is 1.85 bits per heavy atom. The molecule has 3 nitrogen and oxygen atoms in total. The minimum Gasteiger partial charge on any atom is -0.478 e. The molecule has 0 atom stereocenters. The summed E-state index contributed by atoms with van der Waals surface area (Å²) in [6.07, 6.45) is 0. The van der Waals surface area contributed by atoms with Crippen LogP contribution < -0.4 is 0 Å². The molecule has 0 aliphatic heterocycles. The van der Waals surface area contributed by atoms with Crippen molar-refractivity contribution in [1.82, 2.24) is 4.98 Å². The number of fused-ring (bicyclic) bond motifs is 1. The van der Waals surface area contributed by atoms with E-state index in [-0.39, 0.29) is 5.56 Å². The number of halogens is 1. The number of hydrogen-bond donors (Lipinski definition) is 1. The van der Waals surface area contributed by atoms with E-state index in [1.54, 1.807) is 18.2 Å². The first kappa shape index (κ1) is 12.8. The summed E-state index contributed by atoms with van der Waals surface area (Å²) in [5.41, 5.74) is 2.92. The fraction of sp³-hybridized carbons (Fsp3) is 0. The molecule has 3 aromatic rings. The molecule has 3 rings (SSSR count). The van der Waals surface area contributed by atoms with Crippen molar-refractivity contribution in [2.24, 2.45) is 0 Å². The van der Waals surface area contributed by atoms with E-state index in [1.165, 1.54) is 0 Å². The maximum absolute atomic E-state index is 11.0. The average Bonchev–Trinajstić information content (AvgIpc) is 2.46. The highest BCUT2D eigenvalue weighted by molar-refractivity contribution is 9.10. The topological polar surface area (TPSA) is 50.2 Å². The molecule has 0 saturated heterocycles. The van der Waals surface area contributed by atoms with Crippen molar-refractivity contribution >= 4 is 32.8 Å². The Hall–Kier alpha value is -2.20. The smallest absolute Gasteiger partial charge is 0.335 e. The predicted octanol–water partition coefficient (Wildman–Crippen LogP) is 4.36. The zero-order valence-corrected chi connectivity index (χ0v) is 12.0. The molecule has 1 heterocycles. The second-order valence-electron chi connectivity index (χ2n) is 4.39. The molecule has 0 saturated carbocycles. The Kier molecular flexibility index (Phi) is 3.24. The SMILES string of the molecule is O=C(O)c1ccc2nc(-c3ccccc3Br)ccc2c1. The van der Waals surface area contributed by atoms with Crippen LogP contribution in [0.4, 0.5) is 0 Å². The van der Waals surface area contributed by atoms with E-state index in [1.807, 2.05) is 36.4 Å². The summed E-state index contributed by atoms with van der Waals surface area (Å²) in [7, 11) is 0. The Morgan fingerprint density at radius 1 is 1.05 bits per heavy atom. The van der Waals surface area contributed by atoms with Crippen LogP contribution in [0.3, 0.4) is 0 Å². The highest BCUT2D eigenvalue weighted by Crippen LogP contribution is 2.28. The number of nitrogens with zero attached hydrogens (tertiary/aromatic N) is 1. The standard InChI is InChI=1S/C16H10BrNO2/c17-13-4-2-1-3-12(13)15-8-5-10-9-11(16(19)20)6-7-14(10)18-15/h1-9H,(H,19,20). The fourth-order valence-corrected chi connectivity index (χ4v) is 2.57. The van der Waals surface area contributed by atoms with Crippen molar-refractivity contribution in [2.45, 2.75) is 0 Å². The summed E-state index contributed by atoms with van der Waals surface area (Å²) in [6, 6.07) is 16.6. The normalized spacial score (nSPS) is 10.7. The summed E-state index contributed by atoms with van der Waals surface area (Å²) in [6.45, 7) is 0. The van der Waals surface area contributed by atoms with Crippen LogP contribution in [0.2, 0.25) is 0 Å². The van der Waals surface area contributed by atoms with Gasteiger partial charge in [0.1, 0.15) is 0 Å². The van der Waals surface area contributed by atoms with E-state index in [0.717, 1.165) is 26.6 Å². The molecule has 1 N–H and O–H groups in total. The maximum Gasteiger partial charge on any atom is 0.335 e. The lowest BCUT2D eigenvalue weighted by Gasteiger charge is -2.06. The van der Waals surface area contributed by atoms with Crippen LogP contribution >= 0.6 is 15.9 Å². The number of rotatable bonds is 2. The molecular formula is C16H10BrNO2. The monoisotopic (exact) mass is 327 g/mol. The zero-order chi connectivity index (χ0) is 14.1. The van der Waals surface area contributed by atoms with Crippen LogP contribution in [0.1, 0.15) is 10.4 Å². The van der Waals surface area contributed by atoms with Gasteiger partial charge in [-0.2, -0.15) is 0 Å². The van der Waals surface area contributed by atoms with Crippen molar-refractivity contribution in [2.75, 3.05) is 0 Å². The minimum atomic E-state index is -0.929. The lowest BCUT2D eigenvalue weighted by Crippen LogP contribution is -1.96. The summed E-state index contributed by atoms with van der Waals surface area (Å²) < 4.78 is 0.981. The van der Waals surface area contributed by atoms with Gasteiger partial charge in [-0.15, -0.1) is 0 Å². The maximum atomic E-state index is 11.0. The molecule has 98 valence electrons. The van der Waals surface area contributed by atoms with E-state index >= 15 is 0 Å². The second kappa shape index (κ2) is 5.06. The van der Waals surface area contributed by atoms with Gasteiger partial charge in [-0.05, 0) is 30.3 Å². The van der Waals surface area contributed by atoms with Gasteiger partial charge in [-0.3, -0.25) is 0 Å². The number of hydrogen-bond acceptors (Lipinski definition) is 2. The van der Waals surface area contributed by atoms with Crippen LogP contribution in [0.15, 0.2) is 59.1 Å². The molecule has 2 aromatic carbocycles. The Balaban J connectivity index is 2.15. The molecule has 0 unspecified atom stereocenters. The van der Waals surface area contributed by atoms with Crippen LogP contribution in [-0.2, 0) is 0 Å². The highest BCUT2D eigenvalue weighted by atomic mass is 79.9. The van der Waals surface area contributed by atoms with Gasteiger partial charge in [0.15, 0.2) is 0 Å². The third-order valence-corrected chi connectivity index (χ3v) is 3.78. The van der Waals surface area contributed by atoms with E-state index in [9.17, 15) is 4.79 Å². The number of aromatic carboxylic acids is 1. The number of carboxylic acid groups (broad SMARTS) is 1. The van der Waals surface area contributed by atoms with Crippen LogP contribution in [0, 0.1) is 0 Å². The highest BCUT2D eigenvalue weighted by Gasteiger charge is 2.07. The van der Waals surface area contributed by atoms with Crippen LogP contribution in [-0.4, -0.2) is 16.1 Å². The molecule has 0 aliphatic rings. The van der Waals surface area contributed by atoms with Crippen molar-refractivity contribution in [3.8, 4) is 11.3 Å². The summed E-state index contributed by atoms with van der Waals surface area (Å²) in [5.74, 6) is -0.929. The Bertz CT molecular complexity index is 814. The van der Waals surface area contributed by atoms with Crippen molar-refractivity contribution in [3.63, 3.8) is 0 Å². The van der Waals surface area contributed by atoms with Gasteiger partial charge in [0.25, 0.3) is 0 Å². The van der Waals surface area contributed by atoms with Crippen molar-refractivity contribution < 1.29 is 9.90 Å². The molecule has 0 radical (unpaired) electrons. The molecule has 0 aliphatic carbocycles. The van der Waals surface area contributed by atoms with E-state index in [0.29, 0.717) is 0 Å². The number of aromatic nitrogens is 1. The van der Waals surface area contributed by atoms with Crippen molar-refractivity contribution in [1.29, 1.82) is 0 Å². The summed E-state index contributed by atoms with van der Waals surface area (Å²) in [5, 5.41) is 9.81. The van der Waals surface area contributed by atoms with Crippen LogP contribution in [0.25, 0.3) is 22.2 Å². The van der Waals surface area contributed by atoms with Gasteiger partial charge in [0, 0.05) is 15.4 Å². The number of pyridine rings is 1. The van der Waals surface area contributed by atoms with E-state index in [2.05, 4.69) is 20.9 Å². The number of carboxylic acids is 1. The summed E-state index contributed by atoms with van der Waals surface area (Å²) >= 11 is 3.51. The Labute approximate surface area is 124 Å². The van der Waals surface area contributed by atoms with Crippen LogP contribution in [0.5, 0.6) is 0 Å². The quantitative estimate of drug-likeness (QED) is 0.760. The van der Waals surface area contributed by atoms with Gasteiger partial charge >= 0.3 is 5.97 Å². The average molecular weight is 328 g/mol. The van der Waals surface area contributed by atoms with Crippen molar-refractivity contribution in [3.05, 3.63) is 64.6 Å². The molecular weight excluding hydrogens is 318 g/mol. The molecule has 4 heteroatoms. The van der Waals surface area contributed by atoms with Gasteiger partial charge in [0.05, 0.1) is 16.8 Å². The first-order valence-electron chi connectivity index (χ1n) is 6.04.